The number of para-hydroxylation sites is 1. The number of carbonyl (C=O) groups excluding carboxylic acids is 1. The number of hydrogen-bond acceptors (Lipinski definition) is 4. The van der Waals surface area contributed by atoms with Crippen molar-refractivity contribution in [2.75, 3.05) is 6.54 Å². The van der Waals surface area contributed by atoms with E-state index in [0.29, 0.717) is 13.1 Å². The van der Waals surface area contributed by atoms with Crippen LogP contribution in [0.3, 0.4) is 0 Å². The zero-order valence-corrected chi connectivity index (χ0v) is 11.4. The third-order valence-corrected chi connectivity index (χ3v) is 3.86. The fourth-order valence-corrected chi connectivity index (χ4v) is 2.70. The van der Waals surface area contributed by atoms with Crippen molar-refractivity contribution < 1.29 is 4.79 Å². The van der Waals surface area contributed by atoms with E-state index >= 15 is 0 Å². The molecular weight excluding hydrogens is 268 g/mol. The SMILES string of the molecule is O=C(Cn1nnc2ccccc21)N1CCc2[nH]ncc2C1. The molecule has 0 unspecified atom stereocenters. The van der Waals surface area contributed by atoms with E-state index in [0.717, 1.165) is 28.7 Å². The molecule has 0 fully saturated rings. The summed E-state index contributed by atoms with van der Waals surface area (Å²) in [5, 5.41) is 15.1. The zero-order valence-electron chi connectivity index (χ0n) is 11.4. The number of benzene rings is 1. The van der Waals surface area contributed by atoms with E-state index in [4.69, 9.17) is 0 Å². The normalized spacial score (nSPS) is 14.4. The smallest absolute Gasteiger partial charge is 0.244 e. The summed E-state index contributed by atoms with van der Waals surface area (Å²) in [7, 11) is 0. The summed E-state index contributed by atoms with van der Waals surface area (Å²) in [6, 6.07) is 7.65. The standard InChI is InChI=1S/C14H14N6O/c21-14(19-6-5-11-10(8-19)7-15-16-11)9-20-13-4-2-1-3-12(13)17-18-20/h1-4,7H,5-6,8-9H2,(H,15,16). The number of carbonyl (C=O) groups is 1. The van der Waals surface area contributed by atoms with Crippen molar-refractivity contribution in [2.24, 2.45) is 0 Å². The number of amides is 1. The first kappa shape index (κ1) is 12.1. The predicted molar refractivity (Wildman–Crippen MR) is 75.2 cm³/mol. The monoisotopic (exact) mass is 282 g/mol. The Morgan fingerprint density at radius 1 is 1.33 bits per heavy atom. The minimum atomic E-state index is 0.0532. The molecule has 3 aromatic rings. The Kier molecular flexibility index (Phi) is 2.70. The second kappa shape index (κ2) is 4.69. The average molecular weight is 282 g/mol. The van der Waals surface area contributed by atoms with Crippen molar-refractivity contribution in [1.29, 1.82) is 0 Å². The number of H-pyrrole nitrogens is 1. The lowest BCUT2D eigenvalue weighted by Crippen LogP contribution is -2.38. The first-order valence-electron chi connectivity index (χ1n) is 6.88. The van der Waals surface area contributed by atoms with E-state index in [1.54, 1.807) is 10.9 Å². The molecule has 2 aromatic heterocycles. The van der Waals surface area contributed by atoms with Gasteiger partial charge in [0, 0.05) is 30.8 Å². The Morgan fingerprint density at radius 3 is 3.19 bits per heavy atom. The molecule has 0 saturated carbocycles. The third-order valence-electron chi connectivity index (χ3n) is 3.86. The van der Waals surface area contributed by atoms with Crippen LogP contribution in [0.1, 0.15) is 11.3 Å². The van der Waals surface area contributed by atoms with E-state index in [2.05, 4.69) is 20.5 Å². The minimum absolute atomic E-state index is 0.0532. The van der Waals surface area contributed by atoms with Crippen molar-refractivity contribution in [1.82, 2.24) is 30.1 Å². The molecule has 21 heavy (non-hydrogen) atoms. The van der Waals surface area contributed by atoms with Crippen LogP contribution in [0.5, 0.6) is 0 Å². The fraction of sp³-hybridized carbons (Fsp3) is 0.286. The lowest BCUT2D eigenvalue weighted by Gasteiger charge is -2.26. The van der Waals surface area contributed by atoms with Crippen LogP contribution in [0, 0.1) is 0 Å². The Balaban J connectivity index is 1.54. The summed E-state index contributed by atoms with van der Waals surface area (Å²) in [5.74, 6) is 0.0532. The molecule has 1 amide bonds. The molecule has 1 aliphatic heterocycles. The lowest BCUT2D eigenvalue weighted by atomic mass is 10.1. The average Bonchev–Trinajstić information content (AvgIpc) is 3.13. The molecule has 0 bridgehead atoms. The van der Waals surface area contributed by atoms with E-state index in [1.165, 1.54) is 0 Å². The van der Waals surface area contributed by atoms with Crippen LogP contribution in [0.2, 0.25) is 0 Å². The molecule has 0 spiro atoms. The third kappa shape index (κ3) is 2.06. The minimum Gasteiger partial charge on any atom is -0.336 e. The molecule has 0 radical (unpaired) electrons. The van der Waals surface area contributed by atoms with Crippen LogP contribution >= 0.6 is 0 Å². The zero-order chi connectivity index (χ0) is 14.2. The van der Waals surface area contributed by atoms with Gasteiger partial charge in [-0.05, 0) is 12.1 Å². The maximum absolute atomic E-state index is 12.4. The first-order valence-corrected chi connectivity index (χ1v) is 6.88. The van der Waals surface area contributed by atoms with Gasteiger partial charge in [0.25, 0.3) is 0 Å². The molecule has 3 heterocycles. The number of fused-ring (bicyclic) bond motifs is 2. The van der Waals surface area contributed by atoms with E-state index in [9.17, 15) is 4.79 Å². The Morgan fingerprint density at radius 2 is 2.24 bits per heavy atom. The Bertz CT molecular complexity index is 805. The lowest BCUT2D eigenvalue weighted by molar-refractivity contribution is -0.132. The summed E-state index contributed by atoms with van der Waals surface area (Å²) in [4.78, 5) is 14.3. The van der Waals surface area contributed by atoms with Gasteiger partial charge in [-0.2, -0.15) is 5.10 Å². The van der Waals surface area contributed by atoms with Gasteiger partial charge in [-0.25, -0.2) is 4.68 Å². The molecule has 0 saturated heterocycles. The van der Waals surface area contributed by atoms with Crippen LogP contribution in [-0.2, 0) is 24.3 Å². The van der Waals surface area contributed by atoms with E-state index in [-0.39, 0.29) is 12.5 Å². The van der Waals surface area contributed by atoms with Gasteiger partial charge >= 0.3 is 0 Å². The highest BCUT2D eigenvalue weighted by molar-refractivity contribution is 5.80. The highest BCUT2D eigenvalue weighted by atomic mass is 16.2. The molecule has 1 N–H and O–H groups in total. The number of aromatic amines is 1. The van der Waals surface area contributed by atoms with Gasteiger partial charge in [-0.3, -0.25) is 9.89 Å². The van der Waals surface area contributed by atoms with Crippen LogP contribution < -0.4 is 0 Å². The van der Waals surface area contributed by atoms with Crippen molar-refractivity contribution in [3.63, 3.8) is 0 Å². The van der Waals surface area contributed by atoms with Crippen LogP contribution in [0.4, 0.5) is 0 Å². The number of aromatic nitrogens is 5. The second-order valence-electron chi connectivity index (χ2n) is 5.17. The van der Waals surface area contributed by atoms with Crippen molar-refractivity contribution in [3.8, 4) is 0 Å². The van der Waals surface area contributed by atoms with E-state index < -0.39 is 0 Å². The summed E-state index contributed by atoms with van der Waals surface area (Å²) < 4.78 is 1.66. The van der Waals surface area contributed by atoms with Gasteiger partial charge in [0.1, 0.15) is 12.1 Å². The Labute approximate surface area is 120 Å². The topological polar surface area (TPSA) is 79.7 Å². The van der Waals surface area contributed by atoms with Gasteiger partial charge in [0.05, 0.1) is 11.7 Å². The summed E-state index contributed by atoms with van der Waals surface area (Å²) in [5.41, 5.74) is 3.91. The molecule has 1 aromatic carbocycles. The number of nitrogens with zero attached hydrogens (tertiary/aromatic N) is 5. The summed E-state index contributed by atoms with van der Waals surface area (Å²) in [6.07, 6.45) is 2.61. The Hall–Kier alpha value is -2.70. The molecule has 7 heteroatoms. The highest BCUT2D eigenvalue weighted by Gasteiger charge is 2.22. The molecule has 1 aliphatic rings. The fourth-order valence-electron chi connectivity index (χ4n) is 2.70. The number of hydrogen-bond donors (Lipinski definition) is 1. The van der Waals surface area contributed by atoms with Crippen LogP contribution in [-0.4, -0.2) is 42.5 Å². The number of nitrogens with one attached hydrogen (secondary N) is 1. The molecular formula is C14H14N6O. The second-order valence-corrected chi connectivity index (χ2v) is 5.17. The summed E-state index contributed by atoms with van der Waals surface area (Å²) >= 11 is 0. The maximum Gasteiger partial charge on any atom is 0.244 e. The van der Waals surface area contributed by atoms with Crippen LogP contribution in [0.15, 0.2) is 30.5 Å². The largest absolute Gasteiger partial charge is 0.336 e. The predicted octanol–water partition coefficient (Wildman–Crippen LogP) is 0.739. The number of rotatable bonds is 2. The van der Waals surface area contributed by atoms with Crippen molar-refractivity contribution in [3.05, 3.63) is 41.7 Å². The van der Waals surface area contributed by atoms with Gasteiger partial charge in [-0.1, -0.05) is 17.3 Å². The molecule has 7 nitrogen and oxygen atoms in total. The first-order chi connectivity index (χ1) is 10.3. The van der Waals surface area contributed by atoms with Gasteiger partial charge in [-0.15, -0.1) is 5.10 Å². The molecule has 106 valence electrons. The maximum atomic E-state index is 12.4. The summed E-state index contributed by atoms with van der Waals surface area (Å²) in [6.45, 7) is 1.53. The molecule has 0 aliphatic carbocycles. The quantitative estimate of drug-likeness (QED) is 0.752. The van der Waals surface area contributed by atoms with E-state index in [1.807, 2.05) is 29.2 Å². The van der Waals surface area contributed by atoms with Gasteiger partial charge < -0.3 is 4.90 Å². The molecule has 0 atom stereocenters. The van der Waals surface area contributed by atoms with Crippen molar-refractivity contribution >= 4 is 16.9 Å². The van der Waals surface area contributed by atoms with Gasteiger partial charge in [0.15, 0.2) is 0 Å². The highest BCUT2D eigenvalue weighted by Crippen LogP contribution is 2.17. The molecule has 4 rings (SSSR count). The van der Waals surface area contributed by atoms with Crippen LogP contribution in [0.25, 0.3) is 11.0 Å². The van der Waals surface area contributed by atoms with Crippen molar-refractivity contribution in [2.45, 2.75) is 19.5 Å². The van der Waals surface area contributed by atoms with Gasteiger partial charge in [0.2, 0.25) is 5.91 Å².